The van der Waals surface area contributed by atoms with Crippen LogP contribution in [0.15, 0.2) is 24.4 Å². The number of sulfone groups is 1. The van der Waals surface area contributed by atoms with E-state index in [1.807, 2.05) is 25.2 Å². The number of halogens is 1. The summed E-state index contributed by atoms with van der Waals surface area (Å²) in [6.45, 7) is 2.97. The van der Waals surface area contributed by atoms with Crippen LogP contribution < -0.4 is 0 Å². The van der Waals surface area contributed by atoms with Crippen LogP contribution in [0.3, 0.4) is 0 Å². The van der Waals surface area contributed by atoms with Crippen molar-refractivity contribution in [2.24, 2.45) is 5.92 Å². The molecule has 0 amide bonds. The summed E-state index contributed by atoms with van der Waals surface area (Å²) in [6, 6.07) is 5.88. The van der Waals surface area contributed by atoms with Crippen LogP contribution in [0.4, 0.5) is 0 Å². The summed E-state index contributed by atoms with van der Waals surface area (Å²) in [5, 5.41) is 2.66. The average Bonchev–Trinajstić information content (AvgIpc) is 3.33. The van der Waals surface area contributed by atoms with Crippen molar-refractivity contribution in [1.82, 2.24) is 18.8 Å². The molecule has 0 radical (unpaired) electrons. The van der Waals surface area contributed by atoms with Gasteiger partial charge in [-0.15, -0.1) is 0 Å². The van der Waals surface area contributed by atoms with E-state index in [1.165, 1.54) is 11.5 Å². The molecule has 7 nitrogen and oxygen atoms in total. The fourth-order valence-electron chi connectivity index (χ4n) is 4.02. The third-order valence-electron chi connectivity index (χ3n) is 5.77. The number of hydrogen-bond acceptors (Lipinski definition) is 7. The molecule has 0 unspecified atom stereocenters. The van der Waals surface area contributed by atoms with E-state index in [-0.39, 0.29) is 11.5 Å². The Balaban J connectivity index is 1.60. The highest BCUT2D eigenvalue weighted by molar-refractivity contribution is 7.91. The molecular formula is C21H27ClN4O3S2. The first-order chi connectivity index (χ1) is 14.9. The number of rotatable bonds is 8. The Morgan fingerprint density at radius 3 is 2.84 bits per heavy atom. The van der Waals surface area contributed by atoms with Gasteiger partial charge in [0.05, 0.1) is 35.2 Å². The van der Waals surface area contributed by atoms with Crippen molar-refractivity contribution in [3.8, 4) is 11.4 Å². The Morgan fingerprint density at radius 1 is 1.32 bits per heavy atom. The summed E-state index contributed by atoms with van der Waals surface area (Å²) in [5.41, 5.74) is 1.92. The predicted octanol–water partition coefficient (Wildman–Crippen LogP) is 3.72. The van der Waals surface area contributed by atoms with Gasteiger partial charge in [0.25, 0.3) is 0 Å². The van der Waals surface area contributed by atoms with E-state index in [0.29, 0.717) is 36.2 Å². The first kappa shape index (κ1) is 22.7. The SMILES string of the molecule is COCCN(C)Cc1nc(-c2cn(CC3CCS(=O)(=O)CC3)c3c(Cl)cccc23)ns1. The molecule has 0 aliphatic carbocycles. The molecule has 0 atom stereocenters. The Kier molecular flexibility index (Phi) is 6.98. The molecular weight excluding hydrogens is 456 g/mol. The topological polar surface area (TPSA) is 77.3 Å². The summed E-state index contributed by atoms with van der Waals surface area (Å²) < 4.78 is 35.5. The molecule has 0 spiro atoms. The van der Waals surface area contributed by atoms with Gasteiger partial charge in [0.1, 0.15) is 14.8 Å². The van der Waals surface area contributed by atoms with E-state index >= 15 is 0 Å². The molecule has 0 saturated carbocycles. The maximum atomic E-state index is 11.8. The quantitative estimate of drug-likeness (QED) is 0.487. The predicted molar refractivity (Wildman–Crippen MR) is 125 cm³/mol. The normalized spacial score (nSPS) is 17.0. The van der Waals surface area contributed by atoms with Gasteiger partial charge in [-0.2, -0.15) is 4.37 Å². The zero-order valence-electron chi connectivity index (χ0n) is 17.8. The maximum Gasteiger partial charge on any atom is 0.175 e. The Morgan fingerprint density at radius 2 is 2.10 bits per heavy atom. The minimum atomic E-state index is -2.88. The molecule has 1 saturated heterocycles. The zero-order chi connectivity index (χ0) is 22.0. The molecule has 168 valence electrons. The van der Waals surface area contributed by atoms with Gasteiger partial charge in [0.2, 0.25) is 0 Å². The monoisotopic (exact) mass is 482 g/mol. The van der Waals surface area contributed by atoms with Crippen molar-refractivity contribution >= 4 is 43.9 Å². The Labute approximate surface area is 192 Å². The minimum Gasteiger partial charge on any atom is -0.383 e. The van der Waals surface area contributed by atoms with E-state index in [9.17, 15) is 8.42 Å². The summed E-state index contributed by atoms with van der Waals surface area (Å²) in [5.74, 6) is 1.56. The van der Waals surface area contributed by atoms with Gasteiger partial charge in [0, 0.05) is 37.3 Å². The van der Waals surface area contributed by atoms with Crippen molar-refractivity contribution in [3.63, 3.8) is 0 Å². The number of benzene rings is 1. The summed E-state index contributed by atoms with van der Waals surface area (Å²) in [7, 11) is 0.861. The smallest absolute Gasteiger partial charge is 0.175 e. The summed E-state index contributed by atoms with van der Waals surface area (Å²) in [6.07, 6.45) is 3.45. The number of nitrogens with zero attached hydrogens (tertiary/aromatic N) is 4. The van der Waals surface area contributed by atoms with Crippen LogP contribution >= 0.6 is 23.1 Å². The molecule has 1 aliphatic heterocycles. The van der Waals surface area contributed by atoms with E-state index in [1.54, 1.807) is 7.11 Å². The molecule has 0 N–H and O–H groups in total. The lowest BCUT2D eigenvalue weighted by Crippen LogP contribution is -2.25. The van der Waals surface area contributed by atoms with Gasteiger partial charge >= 0.3 is 0 Å². The van der Waals surface area contributed by atoms with Crippen molar-refractivity contribution < 1.29 is 13.2 Å². The van der Waals surface area contributed by atoms with E-state index < -0.39 is 9.84 Å². The number of methoxy groups -OCH3 is 1. The standard InChI is InChI=1S/C21H27ClN4O3S2/c1-25(8-9-29-2)14-19-23-21(24-30-19)17-13-26(20-16(17)4-3-5-18(20)22)12-15-6-10-31(27,28)11-7-15/h3-5,13,15H,6-12,14H2,1-2H3. The van der Waals surface area contributed by atoms with Crippen molar-refractivity contribution in [2.75, 3.05) is 38.8 Å². The zero-order valence-corrected chi connectivity index (χ0v) is 20.1. The van der Waals surface area contributed by atoms with Crippen LogP contribution in [0.2, 0.25) is 5.02 Å². The highest BCUT2D eigenvalue weighted by Gasteiger charge is 2.25. The number of aromatic nitrogens is 3. The summed E-state index contributed by atoms with van der Waals surface area (Å²) in [4.78, 5) is 6.93. The van der Waals surface area contributed by atoms with Crippen LogP contribution in [0.5, 0.6) is 0 Å². The number of hydrogen-bond donors (Lipinski definition) is 0. The Hall–Kier alpha value is -1.52. The molecule has 1 aromatic carbocycles. The van der Waals surface area contributed by atoms with Gasteiger partial charge in [-0.25, -0.2) is 13.4 Å². The third-order valence-corrected chi connectivity index (χ3v) is 8.49. The lowest BCUT2D eigenvalue weighted by atomic mass is 10.0. The molecule has 1 fully saturated rings. The maximum absolute atomic E-state index is 11.8. The molecule has 4 rings (SSSR count). The van der Waals surface area contributed by atoms with Crippen LogP contribution in [0.1, 0.15) is 17.8 Å². The molecule has 10 heteroatoms. The molecule has 2 aromatic heterocycles. The van der Waals surface area contributed by atoms with Crippen LogP contribution in [0.25, 0.3) is 22.3 Å². The van der Waals surface area contributed by atoms with E-state index in [4.69, 9.17) is 21.3 Å². The molecule has 3 heterocycles. The number of likely N-dealkylation sites (N-methyl/N-ethyl adjacent to an activating group) is 1. The Bertz CT molecular complexity index is 1140. The summed E-state index contributed by atoms with van der Waals surface area (Å²) >= 11 is 7.99. The van der Waals surface area contributed by atoms with Gasteiger partial charge < -0.3 is 9.30 Å². The third kappa shape index (κ3) is 5.28. The van der Waals surface area contributed by atoms with E-state index in [0.717, 1.165) is 41.1 Å². The largest absolute Gasteiger partial charge is 0.383 e. The van der Waals surface area contributed by atoms with Gasteiger partial charge in [-0.1, -0.05) is 23.7 Å². The number of ether oxygens (including phenoxy) is 1. The number of fused-ring (bicyclic) bond motifs is 1. The fraction of sp³-hybridized carbons (Fsp3) is 0.524. The van der Waals surface area contributed by atoms with Crippen LogP contribution in [-0.4, -0.2) is 66.1 Å². The van der Waals surface area contributed by atoms with Crippen LogP contribution in [0, 0.1) is 5.92 Å². The first-order valence-corrected chi connectivity index (χ1v) is 13.3. The van der Waals surface area contributed by atoms with Crippen molar-refractivity contribution in [3.05, 3.63) is 34.4 Å². The lowest BCUT2D eigenvalue weighted by Gasteiger charge is -2.22. The minimum absolute atomic E-state index is 0.269. The average molecular weight is 483 g/mol. The first-order valence-electron chi connectivity index (χ1n) is 10.3. The van der Waals surface area contributed by atoms with Gasteiger partial charge in [-0.05, 0) is 43.4 Å². The lowest BCUT2D eigenvalue weighted by molar-refractivity contribution is 0.158. The highest BCUT2D eigenvalue weighted by atomic mass is 35.5. The van der Waals surface area contributed by atoms with Crippen molar-refractivity contribution in [1.29, 1.82) is 0 Å². The molecule has 1 aliphatic rings. The second-order valence-corrected chi connectivity index (χ2v) is 11.7. The van der Waals surface area contributed by atoms with E-state index in [2.05, 4.69) is 20.0 Å². The van der Waals surface area contributed by atoms with Crippen LogP contribution in [-0.2, 0) is 27.7 Å². The molecule has 0 bridgehead atoms. The molecule has 31 heavy (non-hydrogen) atoms. The second-order valence-electron chi connectivity index (χ2n) is 8.17. The fourth-order valence-corrected chi connectivity index (χ4v) is 6.63. The number of para-hydroxylation sites is 1. The highest BCUT2D eigenvalue weighted by Crippen LogP contribution is 2.35. The van der Waals surface area contributed by atoms with Gasteiger partial charge in [-0.3, -0.25) is 4.90 Å². The van der Waals surface area contributed by atoms with Crippen molar-refractivity contribution in [2.45, 2.75) is 25.9 Å². The molecule has 3 aromatic rings. The van der Waals surface area contributed by atoms with Gasteiger partial charge in [0.15, 0.2) is 5.82 Å². The second kappa shape index (κ2) is 9.54.